The summed E-state index contributed by atoms with van der Waals surface area (Å²) in [5.41, 5.74) is 0.0457. The Labute approximate surface area is 192 Å². The maximum atomic E-state index is 12.9. The van der Waals surface area contributed by atoms with Crippen LogP contribution in [0.3, 0.4) is 0 Å². The quantitative estimate of drug-likeness (QED) is 0.439. The molecule has 2 aromatic carbocycles. The summed E-state index contributed by atoms with van der Waals surface area (Å²) in [7, 11) is 1.60. The van der Waals surface area contributed by atoms with Crippen LogP contribution in [0.5, 0.6) is 5.75 Å². The highest BCUT2D eigenvalue weighted by Gasteiger charge is 2.31. The molecular formula is C21H20ClF3N4O2S. The lowest BCUT2D eigenvalue weighted by atomic mass is 10.1. The highest BCUT2D eigenvalue weighted by Crippen LogP contribution is 2.34. The largest absolute Gasteiger partial charge is 0.497 e. The van der Waals surface area contributed by atoms with Crippen LogP contribution in [0.1, 0.15) is 23.9 Å². The predicted molar refractivity (Wildman–Crippen MR) is 117 cm³/mol. The molecule has 1 heterocycles. The number of hydrogen-bond acceptors (Lipinski definition) is 5. The molecule has 0 saturated heterocycles. The smallest absolute Gasteiger partial charge is 0.416 e. The summed E-state index contributed by atoms with van der Waals surface area (Å²) in [6, 6.07) is 10.4. The number of thioether (sulfide) groups is 1. The maximum absolute atomic E-state index is 12.9. The van der Waals surface area contributed by atoms with Crippen LogP contribution in [0, 0.1) is 0 Å². The number of nitrogens with one attached hydrogen (secondary N) is 1. The van der Waals surface area contributed by atoms with Crippen LogP contribution >= 0.6 is 23.4 Å². The predicted octanol–water partition coefficient (Wildman–Crippen LogP) is 5.30. The van der Waals surface area contributed by atoms with Crippen LogP contribution in [0.15, 0.2) is 47.6 Å². The highest BCUT2D eigenvalue weighted by molar-refractivity contribution is 7.99. The first kappa shape index (κ1) is 23.9. The number of aromatic nitrogens is 3. The lowest BCUT2D eigenvalue weighted by Gasteiger charge is -2.12. The molecule has 0 bridgehead atoms. The molecule has 0 saturated carbocycles. The fourth-order valence-electron chi connectivity index (χ4n) is 2.91. The molecule has 0 spiro atoms. The van der Waals surface area contributed by atoms with Gasteiger partial charge in [0.25, 0.3) is 0 Å². The number of hydrogen-bond donors (Lipinski definition) is 1. The molecule has 170 valence electrons. The third-order valence-corrected chi connectivity index (χ3v) is 5.83. The fourth-order valence-corrected chi connectivity index (χ4v) is 3.90. The van der Waals surface area contributed by atoms with Gasteiger partial charge in [0, 0.05) is 13.0 Å². The first-order valence-electron chi connectivity index (χ1n) is 9.55. The van der Waals surface area contributed by atoms with Crippen molar-refractivity contribution in [2.45, 2.75) is 31.2 Å². The Balaban J connectivity index is 1.65. The zero-order chi connectivity index (χ0) is 23.3. The monoisotopic (exact) mass is 484 g/mol. The van der Waals surface area contributed by atoms with Crippen LogP contribution in [0.25, 0.3) is 0 Å². The van der Waals surface area contributed by atoms with E-state index >= 15 is 0 Å². The first-order valence-corrected chi connectivity index (χ1v) is 10.9. The second-order valence-corrected chi connectivity index (χ2v) is 8.05. The lowest BCUT2D eigenvalue weighted by Crippen LogP contribution is -2.16. The van der Waals surface area contributed by atoms with E-state index in [0.717, 1.165) is 47.1 Å². The van der Waals surface area contributed by atoms with E-state index in [9.17, 15) is 18.0 Å². The summed E-state index contributed by atoms with van der Waals surface area (Å²) in [4.78, 5) is 12.3. The second kappa shape index (κ2) is 10.3. The molecule has 32 heavy (non-hydrogen) atoms. The molecule has 3 aromatic rings. The van der Waals surface area contributed by atoms with Crippen molar-refractivity contribution >= 4 is 35.0 Å². The van der Waals surface area contributed by atoms with Crippen LogP contribution < -0.4 is 10.1 Å². The molecule has 0 atom stereocenters. The Kier molecular flexibility index (Phi) is 7.68. The number of ether oxygens (including phenoxy) is 1. The molecule has 3 rings (SSSR count). The van der Waals surface area contributed by atoms with Crippen molar-refractivity contribution in [1.29, 1.82) is 0 Å². The minimum Gasteiger partial charge on any atom is -0.497 e. The van der Waals surface area contributed by atoms with E-state index < -0.39 is 17.6 Å². The van der Waals surface area contributed by atoms with Crippen LogP contribution in [-0.4, -0.2) is 33.5 Å². The van der Waals surface area contributed by atoms with E-state index in [1.165, 1.54) is 0 Å². The molecule has 0 aliphatic heterocycles. The van der Waals surface area contributed by atoms with Crippen molar-refractivity contribution in [2.24, 2.45) is 0 Å². The van der Waals surface area contributed by atoms with Crippen LogP contribution in [-0.2, 0) is 23.9 Å². The Hall–Kier alpha value is -2.72. The lowest BCUT2D eigenvalue weighted by molar-refractivity contribution is -0.137. The molecule has 0 aliphatic rings. The van der Waals surface area contributed by atoms with E-state index in [0.29, 0.717) is 18.1 Å². The molecule has 1 aromatic heterocycles. The molecule has 0 aliphatic carbocycles. The van der Waals surface area contributed by atoms with Gasteiger partial charge in [-0.3, -0.25) is 4.79 Å². The Morgan fingerprint density at radius 1 is 1.19 bits per heavy atom. The zero-order valence-corrected chi connectivity index (χ0v) is 18.8. The summed E-state index contributed by atoms with van der Waals surface area (Å²) in [6.07, 6.45) is -3.98. The van der Waals surface area contributed by atoms with Crippen molar-refractivity contribution in [1.82, 2.24) is 14.8 Å². The maximum Gasteiger partial charge on any atom is 0.416 e. The van der Waals surface area contributed by atoms with Gasteiger partial charge in [-0.05, 0) is 42.8 Å². The number of benzene rings is 2. The van der Waals surface area contributed by atoms with E-state index in [4.69, 9.17) is 16.3 Å². The molecule has 1 amide bonds. The summed E-state index contributed by atoms with van der Waals surface area (Å²) < 4.78 is 45.8. The third-order valence-electron chi connectivity index (χ3n) is 4.53. The number of amides is 1. The van der Waals surface area contributed by atoms with Crippen molar-refractivity contribution in [3.05, 3.63) is 64.4 Å². The number of alkyl halides is 3. The van der Waals surface area contributed by atoms with Crippen molar-refractivity contribution < 1.29 is 22.7 Å². The van der Waals surface area contributed by atoms with Gasteiger partial charge in [-0.1, -0.05) is 35.5 Å². The molecule has 6 nitrogen and oxygen atoms in total. The second-order valence-electron chi connectivity index (χ2n) is 6.70. The van der Waals surface area contributed by atoms with E-state index in [2.05, 4.69) is 15.5 Å². The van der Waals surface area contributed by atoms with Crippen molar-refractivity contribution in [2.75, 3.05) is 18.2 Å². The number of nitrogens with zero attached hydrogens (tertiary/aromatic N) is 3. The normalized spacial score (nSPS) is 11.4. The van der Waals surface area contributed by atoms with Gasteiger partial charge in [0.05, 0.1) is 29.1 Å². The van der Waals surface area contributed by atoms with Crippen LogP contribution in [0.4, 0.5) is 18.9 Å². The van der Waals surface area contributed by atoms with Crippen LogP contribution in [0.2, 0.25) is 5.02 Å². The van der Waals surface area contributed by atoms with E-state index in [-0.39, 0.29) is 16.5 Å². The molecule has 0 fully saturated rings. The van der Waals surface area contributed by atoms with Crippen molar-refractivity contribution in [3.8, 4) is 5.75 Å². The van der Waals surface area contributed by atoms with Gasteiger partial charge in [0.1, 0.15) is 11.6 Å². The summed E-state index contributed by atoms with van der Waals surface area (Å²) in [6.45, 7) is 2.54. The van der Waals surface area contributed by atoms with Gasteiger partial charge in [-0.2, -0.15) is 13.2 Å². The number of anilines is 1. The highest BCUT2D eigenvalue weighted by atomic mass is 35.5. The standard InChI is InChI=1S/C21H20ClF3N4O2S/c1-3-29-18(10-13-4-7-15(31-2)8-5-13)27-28-20(29)32-12-19(30)26-17-11-14(21(23,24)25)6-9-16(17)22/h4-9,11H,3,10,12H2,1-2H3,(H,26,30). The van der Waals surface area contributed by atoms with Gasteiger partial charge < -0.3 is 14.6 Å². The van der Waals surface area contributed by atoms with Gasteiger partial charge in [-0.25, -0.2) is 0 Å². The minimum atomic E-state index is -4.53. The number of rotatable bonds is 8. The average molecular weight is 485 g/mol. The SMILES string of the molecule is CCn1c(Cc2ccc(OC)cc2)nnc1SCC(=O)Nc1cc(C(F)(F)F)ccc1Cl. The molecule has 11 heteroatoms. The number of carbonyl (C=O) groups excluding carboxylic acids is 1. The Morgan fingerprint density at radius 2 is 1.91 bits per heavy atom. The Bertz CT molecular complexity index is 1090. The summed E-state index contributed by atoms with van der Waals surface area (Å²) in [5, 5.41) is 11.4. The first-order chi connectivity index (χ1) is 15.2. The molecule has 0 unspecified atom stereocenters. The third kappa shape index (κ3) is 5.95. The summed E-state index contributed by atoms with van der Waals surface area (Å²) >= 11 is 7.08. The molecular weight excluding hydrogens is 465 g/mol. The number of halogens is 4. The van der Waals surface area contributed by atoms with Gasteiger partial charge in [0.15, 0.2) is 5.16 Å². The summed E-state index contributed by atoms with van der Waals surface area (Å²) in [5.74, 6) is 0.932. The minimum absolute atomic E-state index is 0.0230. The Morgan fingerprint density at radius 3 is 2.53 bits per heavy atom. The fraction of sp³-hybridized carbons (Fsp3) is 0.286. The van der Waals surface area contributed by atoms with Gasteiger partial charge in [-0.15, -0.1) is 10.2 Å². The molecule has 0 radical (unpaired) electrons. The van der Waals surface area contributed by atoms with Crippen molar-refractivity contribution in [3.63, 3.8) is 0 Å². The topological polar surface area (TPSA) is 69.0 Å². The van der Waals surface area contributed by atoms with Gasteiger partial charge in [0.2, 0.25) is 5.91 Å². The number of carbonyl (C=O) groups is 1. The van der Waals surface area contributed by atoms with E-state index in [1.807, 2.05) is 35.8 Å². The average Bonchev–Trinajstić information content (AvgIpc) is 3.15. The van der Waals surface area contributed by atoms with E-state index in [1.54, 1.807) is 7.11 Å². The molecule has 1 N–H and O–H groups in total. The van der Waals surface area contributed by atoms with Gasteiger partial charge >= 0.3 is 6.18 Å². The zero-order valence-electron chi connectivity index (χ0n) is 17.2. The number of methoxy groups -OCH3 is 1.